The number of halogens is 14. The molecule has 2 aliphatic rings. The third-order valence-electron chi connectivity index (χ3n) is 9.93. The Balaban J connectivity index is 0.000000310. The average Bonchev–Trinajstić information content (AvgIpc) is 3.45. The van der Waals surface area contributed by atoms with E-state index in [-0.39, 0.29) is 36.5 Å². The lowest BCUT2D eigenvalue weighted by molar-refractivity contribution is -0.353. The summed E-state index contributed by atoms with van der Waals surface area (Å²) in [5.41, 5.74) is -13.4. The van der Waals surface area contributed by atoms with Gasteiger partial charge < -0.3 is 9.47 Å². The van der Waals surface area contributed by atoms with Gasteiger partial charge in [-0.05, 0) is 65.5 Å². The van der Waals surface area contributed by atoms with Gasteiger partial charge >= 0.3 is 48.2 Å². The van der Waals surface area contributed by atoms with Gasteiger partial charge in [0.1, 0.15) is 11.2 Å². The number of hydrogen-bond acceptors (Lipinski definition) is 6. The van der Waals surface area contributed by atoms with E-state index in [4.69, 9.17) is 9.47 Å². The molecule has 58 heavy (non-hydrogen) atoms. The third kappa shape index (κ3) is 8.84. The largest absolute Gasteiger partial charge is 0.441 e. The van der Waals surface area contributed by atoms with E-state index in [2.05, 4.69) is 0 Å². The second-order valence-electron chi connectivity index (χ2n) is 14.6. The smallest absolute Gasteiger partial charge is 0.432 e. The molecular formula is C36H36F14N2O6. The first kappa shape index (κ1) is 47.7. The maximum absolute atomic E-state index is 14.3. The Bertz CT molecular complexity index is 1650. The Morgan fingerprint density at radius 2 is 0.776 bits per heavy atom. The molecule has 2 aromatic carbocycles. The van der Waals surface area contributed by atoms with Gasteiger partial charge in [0.05, 0.1) is 23.9 Å². The molecule has 0 bridgehead atoms. The molecule has 2 heterocycles. The van der Waals surface area contributed by atoms with Crippen molar-refractivity contribution < 1.29 is 90.1 Å². The Labute approximate surface area is 321 Å². The van der Waals surface area contributed by atoms with Crippen LogP contribution in [0.15, 0.2) is 60.7 Å². The van der Waals surface area contributed by atoms with Crippen LogP contribution < -0.4 is 0 Å². The van der Waals surface area contributed by atoms with Crippen LogP contribution in [0.3, 0.4) is 0 Å². The lowest BCUT2D eigenvalue weighted by Crippen LogP contribution is -2.62. The van der Waals surface area contributed by atoms with Gasteiger partial charge in [0, 0.05) is 0 Å². The number of alkyl halides is 14. The second-order valence-corrected chi connectivity index (χ2v) is 14.6. The first-order chi connectivity index (χ1) is 26.1. The molecule has 2 aliphatic heterocycles. The van der Waals surface area contributed by atoms with Crippen LogP contribution >= 0.6 is 0 Å². The lowest BCUT2D eigenvalue weighted by Gasteiger charge is -2.36. The van der Waals surface area contributed by atoms with Crippen LogP contribution in [0.2, 0.25) is 0 Å². The molecule has 0 aliphatic carbocycles. The highest BCUT2D eigenvalue weighted by Crippen LogP contribution is 2.53. The number of carbonyl (C=O) groups is 4. The summed E-state index contributed by atoms with van der Waals surface area (Å²) in [5.74, 6) is -10.4. The van der Waals surface area contributed by atoms with Gasteiger partial charge in [-0.25, -0.2) is 28.2 Å². The van der Waals surface area contributed by atoms with Gasteiger partial charge in [-0.3, -0.25) is 9.59 Å². The summed E-state index contributed by atoms with van der Waals surface area (Å²) >= 11 is 0. The highest BCUT2D eigenvalue weighted by Gasteiger charge is 2.78. The number of amides is 4. The zero-order valence-corrected chi connectivity index (χ0v) is 31.1. The summed E-state index contributed by atoms with van der Waals surface area (Å²) in [7, 11) is 0. The normalized spacial score (nSPS) is 21.1. The van der Waals surface area contributed by atoms with Gasteiger partial charge in [0.2, 0.25) is 11.8 Å². The van der Waals surface area contributed by atoms with E-state index < -0.39 is 95.2 Å². The van der Waals surface area contributed by atoms with Gasteiger partial charge in [-0.2, -0.15) is 52.7 Å². The van der Waals surface area contributed by atoms with Crippen LogP contribution in [0.4, 0.5) is 71.1 Å². The predicted molar refractivity (Wildman–Crippen MR) is 173 cm³/mol. The molecule has 2 fully saturated rings. The van der Waals surface area contributed by atoms with Crippen molar-refractivity contribution in [3.63, 3.8) is 0 Å². The molecule has 324 valence electrons. The number of cyclic esters (lactones) is 2. The van der Waals surface area contributed by atoms with Gasteiger partial charge in [-0.1, -0.05) is 60.7 Å². The van der Waals surface area contributed by atoms with E-state index in [1.54, 1.807) is 60.7 Å². The quantitative estimate of drug-likeness (QED) is 0.246. The summed E-state index contributed by atoms with van der Waals surface area (Å²) in [6.07, 6.45) is -28.8. The summed E-state index contributed by atoms with van der Waals surface area (Å²) in [6, 6.07) is 13.7. The van der Waals surface area contributed by atoms with Crippen molar-refractivity contribution in [2.24, 2.45) is 11.8 Å². The summed E-state index contributed by atoms with van der Waals surface area (Å²) < 4.78 is 195. The second kappa shape index (κ2) is 15.8. The van der Waals surface area contributed by atoms with E-state index in [0.717, 1.165) is 0 Å². The van der Waals surface area contributed by atoms with E-state index in [1.807, 2.05) is 0 Å². The molecule has 0 saturated carbocycles. The van der Waals surface area contributed by atoms with Crippen LogP contribution in [-0.2, 0) is 31.9 Å². The number of benzene rings is 2. The van der Waals surface area contributed by atoms with Crippen LogP contribution in [-0.4, -0.2) is 93.1 Å². The Morgan fingerprint density at radius 1 is 0.534 bits per heavy atom. The Hall–Kier alpha value is -4.66. The predicted octanol–water partition coefficient (Wildman–Crippen LogP) is 9.65. The molecular weight excluding hydrogens is 822 g/mol. The van der Waals surface area contributed by atoms with Crippen LogP contribution in [0, 0.1) is 11.8 Å². The van der Waals surface area contributed by atoms with Crippen LogP contribution in [0.25, 0.3) is 0 Å². The van der Waals surface area contributed by atoms with Crippen molar-refractivity contribution >= 4 is 24.0 Å². The monoisotopic (exact) mass is 858 g/mol. The summed E-state index contributed by atoms with van der Waals surface area (Å²) in [6.45, 7) is 5.72. The SMILES string of the molecule is C[C@@H](C(=O)N1C(=O)OC(C)(C)[C@@H]1Cc1ccccc1)C(F)(C(F)(F)F)C(F)(F)F.C[C@@H](C(=O)N1C(=O)OC(C)(C)[C@@H]1Cc1ccccc1)C(F)(C(F)(F)F)C(F)(F)F. The van der Waals surface area contributed by atoms with Crippen molar-refractivity contribution in [1.82, 2.24) is 9.80 Å². The van der Waals surface area contributed by atoms with E-state index in [1.165, 1.54) is 27.7 Å². The maximum atomic E-state index is 14.3. The van der Waals surface area contributed by atoms with Crippen molar-refractivity contribution in [3.8, 4) is 0 Å². The Kier molecular flexibility index (Phi) is 13.0. The molecule has 2 aromatic rings. The first-order valence-corrected chi connectivity index (χ1v) is 16.9. The number of imide groups is 2. The number of hydrogen-bond donors (Lipinski definition) is 0. The molecule has 0 aromatic heterocycles. The van der Waals surface area contributed by atoms with Gasteiger partial charge in [0.15, 0.2) is 0 Å². The van der Waals surface area contributed by atoms with Crippen molar-refractivity contribution in [1.29, 1.82) is 0 Å². The highest BCUT2D eigenvalue weighted by molar-refractivity contribution is 5.96. The molecule has 0 spiro atoms. The summed E-state index contributed by atoms with van der Waals surface area (Å²) in [5, 5.41) is 0. The van der Waals surface area contributed by atoms with Crippen molar-refractivity contribution in [2.45, 2.75) is 114 Å². The van der Waals surface area contributed by atoms with Crippen molar-refractivity contribution in [2.75, 3.05) is 0 Å². The zero-order valence-electron chi connectivity index (χ0n) is 31.1. The first-order valence-electron chi connectivity index (χ1n) is 16.9. The molecule has 4 amide bonds. The Morgan fingerprint density at radius 3 is 1.00 bits per heavy atom. The lowest BCUT2D eigenvalue weighted by atomic mass is 9.86. The fraction of sp³-hybridized carbons (Fsp3) is 0.556. The number of ether oxygens (including phenoxy) is 2. The molecule has 4 rings (SSSR count). The van der Waals surface area contributed by atoms with Gasteiger partial charge in [-0.15, -0.1) is 0 Å². The van der Waals surface area contributed by atoms with Crippen molar-refractivity contribution in [3.05, 3.63) is 71.8 Å². The average molecular weight is 859 g/mol. The topological polar surface area (TPSA) is 93.2 Å². The fourth-order valence-corrected chi connectivity index (χ4v) is 6.46. The fourth-order valence-electron chi connectivity index (χ4n) is 6.46. The minimum Gasteiger partial charge on any atom is -0.441 e. The number of nitrogens with zero attached hydrogens (tertiary/aromatic N) is 2. The van der Waals surface area contributed by atoms with E-state index in [9.17, 15) is 80.6 Å². The van der Waals surface area contributed by atoms with Crippen LogP contribution in [0.1, 0.15) is 52.7 Å². The number of rotatable bonds is 8. The minimum atomic E-state index is -6.42. The van der Waals surface area contributed by atoms with E-state index in [0.29, 0.717) is 11.1 Å². The molecule has 4 atom stereocenters. The van der Waals surface area contributed by atoms with Crippen LogP contribution in [0.5, 0.6) is 0 Å². The number of carbonyl (C=O) groups excluding carboxylic acids is 4. The third-order valence-corrected chi connectivity index (χ3v) is 9.93. The molecule has 2 saturated heterocycles. The summed E-state index contributed by atoms with van der Waals surface area (Å²) in [4.78, 5) is 49.8. The molecule has 0 radical (unpaired) electrons. The molecule has 22 heteroatoms. The standard InChI is InChI=1S/2C18H18F7NO3/c2*1-10(16(19,17(20,21)22)18(23,24)25)13(27)26-12(15(2,3)29-14(26)28)9-11-7-5-4-6-8-11/h2*4-8,10,12H,9H2,1-3H3/t2*10-,12-/m00/s1. The molecule has 8 nitrogen and oxygen atoms in total. The minimum absolute atomic E-state index is 0.102. The maximum Gasteiger partial charge on any atom is 0.432 e. The molecule has 0 unspecified atom stereocenters. The van der Waals surface area contributed by atoms with Gasteiger partial charge in [0.25, 0.3) is 0 Å². The highest BCUT2D eigenvalue weighted by atomic mass is 19.4. The molecule has 0 N–H and O–H groups in total. The van der Waals surface area contributed by atoms with E-state index >= 15 is 0 Å². The zero-order chi connectivity index (χ0) is 44.8.